The van der Waals surface area contributed by atoms with Crippen molar-refractivity contribution in [2.45, 2.75) is 18.9 Å². The second-order valence-corrected chi connectivity index (χ2v) is 8.70. The Balaban J connectivity index is 1.35. The highest BCUT2D eigenvalue weighted by Gasteiger charge is 2.44. The first kappa shape index (κ1) is 21.6. The quantitative estimate of drug-likeness (QED) is 0.487. The number of ether oxygens (including phenoxy) is 1. The number of halogens is 2. The Morgan fingerprint density at radius 3 is 2.88 bits per heavy atom. The average molecular weight is 468 g/mol. The summed E-state index contributed by atoms with van der Waals surface area (Å²) < 4.78 is 19.0. The molecule has 1 aliphatic heterocycles. The number of rotatable bonds is 7. The number of methoxy groups -OCH3 is 1. The number of amides is 1. The third kappa shape index (κ3) is 4.36. The van der Waals surface area contributed by atoms with E-state index in [1.54, 1.807) is 24.3 Å². The van der Waals surface area contributed by atoms with Crippen molar-refractivity contribution >= 4 is 45.6 Å². The molecule has 7 nitrogen and oxygen atoms in total. The molecule has 2 N–H and O–H groups in total. The van der Waals surface area contributed by atoms with Gasteiger partial charge in [0.25, 0.3) is 0 Å². The van der Waals surface area contributed by atoms with Gasteiger partial charge in [-0.05, 0) is 43.0 Å². The van der Waals surface area contributed by atoms with Gasteiger partial charge in [0.2, 0.25) is 5.91 Å². The van der Waals surface area contributed by atoms with E-state index in [1.165, 1.54) is 38.4 Å². The van der Waals surface area contributed by atoms with Crippen molar-refractivity contribution < 1.29 is 13.9 Å². The van der Waals surface area contributed by atoms with Gasteiger partial charge in [-0.15, -0.1) is 0 Å². The third-order valence-electron chi connectivity index (χ3n) is 6.32. The van der Waals surface area contributed by atoms with Crippen LogP contribution in [0.1, 0.15) is 12.8 Å². The number of anilines is 3. The molecule has 1 saturated heterocycles. The Kier molecular flexibility index (Phi) is 5.86. The van der Waals surface area contributed by atoms with Gasteiger partial charge < -0.3 is 15.4 Å². The van der Waals surface area contributed by atoms with Crippen LogP contribution < -0.4 is 15.4 Å². The Morgan fingerprint density at radius 1 is 1.30 bits per heavy atom. The monoisotopic (exact) mass is 467 g/mol. The van der Waals surface area contributed by atoms with E-state index in [-0.39, 0.29) is 10.9 Å². The van der Waals surface area contributed by atoms with Crippen LogP contribution in [0.4, 0.5) is 21.6 Å². The molecule has 1 saturated carbocycles. The van der Waals surface area contributed by atoms with E-state index in [0.717, 1.165) is 19.0 Å². The largest absolute Gasteiger partial charge is 0.494 e. The number of nitrogens with one attached hydrogen (secondary N) is 2. The summed E-state index contributed by atoms with van der Waals surface area (Å²) in [6.07, 6.45) is 7.46. The lowest BCUT2D eigenvalue weighted by Gasteiger charge is -2.55. The summed E-state index contributed by atoms with van der Waals surface area (Å²) in [6, 6.07) is 8.51. The predicted octanol–water partition coefficient (Wildman–Crippen LogP) is 4.76. The topological polar surface area (TPSA) is 79.4 Å². The lowest BCUT2D eigenvalue weighted by atomic mass is 9.71. The molecule has 1 amide bonds. The summed E-state index contributed by atoms with van der Waals surface area (Å²) in [6.45, 7) is 1.91. The molecule has 0 radical (unpaired) electrons. The molecule has 2 atom stereocenters. The van der Waals surface area contributed by atoms with E-state index in [2.05, 4.69) is 25.5 Å². The first-order valence-electron chi connectivity index (χ1n) is 10.8. The molecular weight excluding hydrogens is 445 g/mol. The Morgan fingerprint density at radius 2 is 2.18 bits per heavy atom. The van der Waals surface area contributed by atoms with Crippen LogP contribution in [0, 0.1) is 11.7 Å². The molecule has 33 heavy (non-hydrogen) atoms. The highest BCUT2D eigenvalue weighted by atomic mass is 35.5. The summed E-state index contributed by atoms with van der Waals surface area (Å²) in [7, 11) is 1.53. The maximum Gasteiger partial charge on any atom is 0.248 e. The Hall–Kier alpha value is -3.23. The molecule has 0 bridgehead atoms. The second kappa shape index (κ2) is 8.96. The summed E-state index contributed by atoms with van der Waals surface area (Å²) in [5.41, 5.74) is 1.70. The molecule has 9 heteroatoms. The van der Waals surface area contributed by atoms with Gasteiger partial charge in [0.05, 0.1) is 23.3 Å². The predicted molar refractivity (Wildman–Crippen MR) is 127 cm³/mol. The fourth-order valence-electron chi connectivity index (χ4n) is 4.38. The second-order valence-electron chi connectivity index (χ2n) is 8.30. The maximum absolute atomic E-state index is 13.5. The van der Waals surface area contributed by atoms with Crippen LogP contribution in [0.2, 0.25) is 5.02 Å². The van der Waals surface area contributed by atoms with Crippen molar-refractivity contribution in [2.75, 3.05) is 30.8 Å². The highest BCUT2D eigenvalue weighted by Crippen LogP contribution is 2.41. The van der Waals surface area contributed by atoms with Gasteiger partial charge in [-0.3, -0.25) is 9.69 Å². The van der Waals surface area contributed by atoms with Crippen molar-refractivity contribution in [3.05, 3.63) is 59.7 Å². The van der Waals surface area contributed by atoms with Gasteiger partial charge in [-0.25, -0.2) is 14.4 Å². The van der Waals surface area contributed by atoms with Crippen LogP contribution in [-0.2, 0) is 4.79 Å². The number of piperidine rings is 1. The van der Waals surface area contributed by atoms with Crippen LogP contribution in [0.15, 0.2) is 48.8 Å². The molecule has 2 unspecified atom stereocenters. The molecule has 2 heterocycles. The third-order valence-corrected chi connectivity index (χ3v) is 6.61. The van der Waals surface area contributed by atoms with Gasteiger partial charge in [-0.1, -0.05) is 17.7 Å². The van der Waals surface area contributed by atoms with Gasteiger partial charge >= 0.3 is 0 Å². The number of carbonyl (C=O) groups excluding carboxylic acids is 1. The molecule has 5 rings (SSSR count). The minimum atomic E-state index is -0.501. The van der Waals surface area contributed by atoms with E-state index in [1.807, 2.05) is 6.08 Å². The zero-order valence-corrected chi connectivity index (χ0v) is 18.8. The number of fused-ring (bicyclic) bond motifs is 2. The lowest BCUT2D eigenvalue weighted by Crippen LogP contribution is -2.61. The number of aromatic nitrogens is 2. The first-order valence-corrected chi connectivity index (χ1v) is 11.2. The minimum Gasteiger partial charge on any atom is -0.494 e. The molecule has 2 fully saturated rings. The van der Waals surface area contributed by atoms with Crippen molar-refractivity contribution in [1.82, 2.24) is 14.9 Å². The molecular formula is C24H23ClFN5O2. The number of hydrogen-bond donors (Lipinski definition) is 2. The molecule has 0 spiro atoms. The zero-order chi connectivity index (χ0) is 22.9. The molecule has 2 aromatic carbocycles. The van der Waals surface area contributed by atoms with E-state index in [0.29, 0.717) is 39.9 Å². The molecule has 2 aliphatic rings. The van der Waals surface area contributed by atoms with E-state index in [9.17, 15) is 9.18 Å². The average Bonchev–Trinajstić information content (AvgIpc) is 2.79. The Labute approximate surface area is 195 Å². The molecule has 1 aliphatic carbocycles. The number of hydrogen-bond acceptors (Lipinski definition) is 6. The fraction of sp³-hybridized carbons (Fsp3) is 0.292. The number of likely N-dealkylation sites (tertiary alicyclic amines) is 1. The van der Waals surface area contributed by atoms with Gasteiger partial charge in [0, 0.05) is 42.3 Å². The van der Waals surface area contributed by atoms with Crippen molar-refractivity contribution in [3.63, 3.8) is 0 Å². The van der Waals surface area contributed by atoms with Crippen LogP contribution in [-0.4, -0.2) is 47.0 Å². The summed E-state index contributed by atoms with van der Waals surface area (Å²) in [4.78, 5) is 23.5. The first-order chi connectivity index (χ1) is 16.0. The van der Waals surface area contributed by atoms with E-state index >= 15 is 0 Å². The van der Waals surface area contributed by atoms with Crippen molar-refractivity contribution in [3.8, 4) is 5.75 Å². The minimum absolute atomic E-state index is 0.00540. The number of benzene rings is 2. The normalized spacial score (nSPS) is 19.6. The summed E-state index contributed by atoms with van der Waals surface area (Å²) in [5, 5.41) is 6.68. The van der Waals surface area contributed by atoms with Gasteiger partial charge in [0.15, 0.2) is 0 Å². The Bertz CT molecular complexity index is 1250. The summed E-state index contributed by atoms with van der Waals surface area (Å²) >= 11 is 5.89. The summed E-state index contributed by atoms with van der Waals surface area (Å²) in [5.74, 6) is 1.10. The smallest absolute Gasteiger partial charge is 0.248 e. The van der Waals surface area contributed by atoms with Crippen molar-refractivity contribution in [2.24, 2.45) is 5.92 Å². The molecule has 1 aromatic heterocycles. The van der Waals surface area contributed by atoms with Gasteiger partial charge in [0.1, 0.15) is 23.7 Å². The van der Waals surface area contributed by atoms with Crippen LogP contribution in [0.5, 0.6) is 5.75 Å². The van der Waals surface area contributed by atoms with Crippen LogP contribution in [0.25, 0.3) is 10.9 Å². The maximum atomic E-state index is 13.5. The SMILES string of the molecule is COc1cc2ncnc(Nc3ccc(F)c(Cl)c3)c2cc1NC(=O)/C=C/CN1CC2CCC21. The van der Waals surface area contributed by atoms with Crippen molar-refractivity contribution in [1.29, 1.82) is 0 Å². The number of carbonyl (C=O) groups is 1. The molecule has 3 aromatic rings. The standard InChI is InChI=1S/C24H23ClFN5O2/c1-33-22-11-19-16(24(28-13-27-19)29-15-5-6-18(26)17(25)9-15)10-20(22)30-23(32)3-2-8-31-12-14-4-7-21(14)31/h2-3,5-6,9-11,13-14,21H,4,7-8,12H2,1H3,(H,30,32)(H,27,28,29)/b3-2+. The van der Waals surface area contributed by atoms with E-state index in [4.69, 9.17) is 16.3 Å². The lowest BCUT2D eigenvalue weighted by molar-refractivity contribution is -0.112. The van der Waals surface area contributed by atoms with Crippen LogP contribution >= 0.6 is 11.6 Å². The highest BCUT2D eigenvalue weighted by molar-refractivity contribution is 6.31. The fourth-order valence-corrected chi connectivity index (χ4v) is 4.56. The molecule has 170 valence electrons. The van der Waals surface area contributed by atoms with Gasteiger partial charge in [-0.2, -0.15) is 0 Å². The zero-order valence-electron chi connectivity index (χ0n) is 18.0. The van der Waals surface area contributed by atoms with Crippen LogP contribution in [0.3, 0.4) is 0 Å². The van der Waals surface area contributed by atoms with E-state index < -0.39 is 5.82 Å². The number of nitrogens with zero attached hydrogens (tertiary/aromatic N) is 3.